The third-order valence-electron chi connectivity index (χ3n) is 2.91. The average molecular weight is 295 g/mol. The van der Waals surface area contributed by atoms with Gasteiger partial charge < -0.3 is 19.5 Å². The Labute approximate surface area is 128 Å². The van der Waals surface area contributed by atoms with Crippen LogP contribution in [0, 0.1) is 0 Å². The maximum atomic E-state index is 5.85. The van der Waals surface area contributed by atoms with Gasteiger partial charge >= 0.3 is 0 Å². The largest absolute Gasteiger partial charge is 0.494 e. The van der Waals surface area contributed by atoms with Crippen LogP contribution in [-0.4, -0.2) is 39.0 Å². The van der Waals surface area contributed by atoms with Crippen molar-refractivity contribution in [3.8, 4) is 11.5 Å². The maximum Gasteiger partial charge on any atom is 0.120 e. The number of hydrogen-bond donors (Lipinski definition) is 1. The Hall–Kier alpha value is -1.26. The summed E-state index contributed by atoms with van der Waals surface area (Å²) in [7, 11) is 0. The molecule has 4 heteroatoms. The maximum absolute atomic E-state index is 5.85. The lowest BCUT2D eigenvalue weighted by atomic mass is 10.3. The molecular weight excluding hydrogens is 266 g/mol. The van der Waals surface area contributed by atoms with Crippen molar-refractivity contribution in [1.29, 1.82) is 0 Å². The Balaban J connectivity index is 2.17. The molecule has 1 aromatic carbocycles. The van der Waals surface area contributed by atoms with E-state index in [9.17, 15) is 0 Å². The second-order valence-corrected chi connectivity index (χ2v) is 5.00. The molecule has 0 saturated heterocycles. The molecule has 1 rings (SSSR count). The Bertz CT molecular complexity index is 354. The molecule has 0 aliphatic carbocycles. The summed E-state index contributed by atoms with van der Waals surface area (Å²) >= 11 is 0. The van der Waals surface area contributed by atoms with Crippen LogP contribution in [0.15, 0.2) is 24.3 Å². The molecule has 0 spiro atoms. The van der Waals surface area contributed by atoms with Crippen molar-refractivity contribution in [3.63, 3.8) is 0 Å². The van der Waals surface area contributed by atoms with Crippen LogP contribution >= 0.6 is 0 Å². The zero-order chi connectivity index (χ0) is 15.3. The fourth-order valence-corrected chi connectivity index (χ4v) is 1.86. The summed E-state index contributed by atoms with van der Waals surface area (Å²) in [6, 6.07) is 7.81. The van der Waals surface area contributed by atoms with Crippen LogP contribution in [-0.2, 0) is 4.74 Å². The number of hydrogen-bond acceptors (Lipinski definition) is 4. The molecule has 0 aliphatic rings. The first-order valence-corrected chi connectivity index (χ1v) is 7.94. The van der Waals surface area contributed by atoms with Gasteiger partial charge in [0.05, 0.1) is 6.61 Å². The van der Waals surface area contributed by atoms with E-state index in [0.717, 1.165) is 57.3 Å². The molecule has 0 aliphatic heterocycles. The van der Waals surface area contributed by atoms with E-state index < -0.39 is 0 Å². The molecule has 1 unspecified atom stereocenters. The van der Waals surface area contributed by atoms with Crippen molar-refractivity contribution in [3.05, 3.63) is 24.3 Å². The molecule has 0 radical (unpaired) electrons. The smallest absolute Gasteiger partial charge is 0.120 e. The van der Waals surface area contributed by atoms with E-state index in [2.05, 4.69) is 19.2 Å². The summed E-state index contributed by atoms with van der Waals surface area (Å²) in [6.07, 6.45) is 2.19. The summed E-state index contributed by atoms with van der Waals surface area (Å²) in [4.78, 5) is 0. The lowest BCUT2D eigenvalue weighted by Gasteiger charge is -2.16. The van der Waals surface area contributed by atoms with Crippen LogP contribution in [0.5, 0.6) is 11.5 Å². The summed E-state index contributed by atoms with van der Waals surface area (Å²) in [5.41, 5.74) is 0. The SMILES string of the molecule is CCCOc1ccc(OC(C)CNCCCOCC)cc1. The third kappa shape index (κ3) is 8.58. The van der Waals surface area contributed by atoms with E-state index in [1.54, 1.807) is 0 Å². The van der Waals surface area contributed by atoms with Crippen LogP contribution in [0.3, 0.4) is 0 Å². The summed E-state index contributed by atoms with van der Waals surface area (Å²) in [5.74, 6) is 1.77. The summed E-state index contributed by atoms with van der Waals surface area (Å²) in [6.45, 7) is 10.3. The van der Waals surface area contributed by atoms with Crippen molar-refractivity contribution < 1.29 is 14.2 Å². The van der Waals surface area contributed by atoms with Crippen molar-refractivity contribution in [2.75, 3.05) is 32.9 Å². The zero-order valence-corrected chi connectivity index (χ0v) is 13.6. The Kier molecular flexibility index (Phi) is 9.66. The number of benzene rings is 1. The van der Waals surface area contributed by atoms with Crippen molar-refractivity contribution in [2.45, 2.75) is 39.7 Å². The van der Waals surface area contributed by atoms with Gasteiger partial charge in [0.15, 0.2) is 0 Å². The van der Waals surface area contributed by atoms with E-state index in [4.69, 9.17) is 14.2 Å². The predicted octanol–water partition coefficient (Wildman–Crippen LogP) is 3.26. The van der Waals surface area contributed by atoms with Crippen LogP contribution in [0.1, 0.15) is 33.6 Å². The topological polar surface area (TPSA) is 39.7 Å². The lowest BCUT2D eigenvalue weighted by molar-refractivity contribution is 0.143. The zero-order valence-electron chi connectivity index (χ0n) is 13.6. The summed E-state index contributed by atoms with van der Waals surface area (Å²) in [5, 5.41) is 3.37. The molecule has 1 N–H and O–H groups in total. The molecule has 1 atom stereocenters. The molecular formula is C17H29NO3. The van der Waals surface area contributed by atoms with Crippen LogP contribution in [0.2, 0.25) is 0 Å². The first kappa shape index (κ1) is 17.8. The highest BCUT2D eigenvalue weighted by Crippen LogP contribution is 2.18. The molecule has 0 aromatic heterocycles. The van der Waals surface area contributed by atoms with Gasteiger partial charge in [0.2, 0.25) is 0 Å². The molecule has 21 heavy (non-hydrogen) atoms. The van der Waals surface area contributed by atoms with Crippen LogP contribution < -0.4 is 14.8 Å². The highest BCUT2D eigenvalue weighted by molar-refractivity contribution is 5.31. The first-order chi connectivity index (χ1) is 10.3. The highest BCUT2D eigenvalue weighted by Gasteiger charge is 2.03. The fraction of sp³-hybridized carbons (Fsp3) is 0.647. The van der Waals surface area contributed by atoms with Gasteiger partial charge in [0.25, 0.3) is 0 Å². The van der Waals surface area contributed by atoms with Gasteiger partial charge in [-0.25, -0.2) is 0 Å². The third-order valence-corrected chi connectivity index (χ3v) is 2.91. The van der Waals surface area contributed by atoms with Gasteiger partial charge in [-0.1, -0.05) is 6.92 Å². The highest BCUT2D eigenvalue weighted by atomic mass is 16.5. The average Bonchev–Trinajstić information content (AvgIpc) is 2.50. The number of ether oxygens (including phenoxy) is 3. The molecule has 120 valence electrons. The van der Waals surface area contributed by atoms with Gasteiger partial charge in [-0.2, -0.15) is 0 Å². The van der Waals surface area contributed by atoms with Crippen molar-refractivity contribution >= 4 is 0 Å². The summed E-state index contributed by atoms with van der Waals surface area (Å²) < 4.78 is 16.7. The minimum atomic E-state index is 0.138. The molecule has 0 heterocycles. The van der Waals surface area contributed by atoms with Gasteiger partial charge in [0.1, 0.15) is 17.6 Å². The molecule has 1 aromatic rings. The minimum absolute atomic E-state index is 0.138. The lowest BCUT2D eigenvalue weighted by Crippen LogP contribution is -2.30. The van der Waals surface area contributed by atoms with E-state index in [1.807, 2.05) is 31.2 Å². The van der Waals surface area contributed by atoms with Gasteiger partial charge in [-0.3, -0.25) is 0 Å². The molecule has 4 nitrogen and oxygen atoms in total. The number of nitrogens with one attached hydrogen (secondary N) is 1. The standard InChI is InChI=1S/C17H29NO3/c1-4-12-20-16-7-9-17(10-8-16)21-15(3)14-18-11-6-13-19-5-2/h7-10,15,18H,4-6,11-14H2,1-3H3. The minimum Gasteiger partial charge on any atom is -0.494 e. The number of rotatable bonds is 12. The second-order valence-electron chi connectivity index (χ2n) is 5.00. The van der Waals surface area contributed by atoms with E-state index in [-0.39, 0.29) is 6.10 Å². The first-order valence-electron chi connectivity index (χ1n) is 7.94. The Morgan fingerprint density at radius 1 is 1.05 bits per heavy atom. The molecule has 0 amide bonds. The van der Waals surface area contributed by atoms with Crippen molar-refractivity contribution in [2.24, 2.45) is 0 Å². The molecule has 0 fully saturated rings. The van der Waals surface area contributed by atoms with Crippen LogP contribution in [0.4, 0.5) is 0 Å². The Morgan fingerprint density at radius 3 is 2.43 bits per heavy atom. The monoisotopic (exact) mass is 295 g/mol. The van der Waals surface area contributed by atoms with E-state index in [0.29, 0.717) is 0 Å². The van der Waals surface area contributed by atoms with Crippen LogP contribution in [0.25, 0.3) is 0 Å². The second kappa shape index (κ2) is 11.4. The predicted molar refractivity (Wildman–Crippen MR) is 86.3 cm³/mol. The Morgan fingerprint density at radius 2 is 1.76 bits per heavy atom. The van der Waals surface area contributed by atoms with Gasteiger partial charge in [-0.05, 0) is 57.5 Å². The normalized spacial score (nSPS) is 12.1. The quantitative estimate of drug-likeness (QED) is 0.601. The molecule has 0 bridgehead atoms. The van der Waals surface area contributed by atoms with Gasteiger partial charge in [-0.15, -0.1) is 0 Å². The van der Waals surface area contributed by atoms with E-state index in [1.165, 1.54) is 0 Å². The van der Waals surface area contributed by atoms with Gasteiger partial charge in [0, 0.05) is 19.8 Å². The van der Waals surface area contributed by atoms with Crippen molar-refractivity contribution in [1.82, 2.24) is 5.32 Å². The molecule has 0 saturated carbocycles. The van der Waals surface area contributed by atoms with E-state index >= 15 is 0 Å². The fourth-order valence-electron chi connectivity index (χ4n) is 1.86.